The quantitative estimate of drug-likeness (QED) is 0.671. The Kier molecular flexibility index (Phi) is 3.69. The van der Waals surface area contributed by atoms with Crippen LogP contribution in [-0.4, -0.2) is 10.9 Å². The minimum absolute atomic E-state index is 0.256. The number of nitrogens with one attached hydrogen (secondary N) is 2. The Morgan fingerprint density at radius 3 is 2.76 bits per heavy atom. The molecule has 0 radical (unpaired) electrons. The van der Waals surface area contributed by atoms with E-state index in [1.54, 1.807) is 30.3 Å². The van der Waals surface area contributed by atoms with Crippen molar-refractivity contribution in [1.29, 1.82) is 0 Å². The summed E-state index contributed by atoms with van der Waals surface area (Å²) in [7, 11) is 0. The third kappa shape index (κ3) is 2.93. The van der Waals surface area contributed by atoms with Gasteiger partial charge in [-0.25, -0.2) is 4.79 Å². The van der Waals surface area contributed by atoms with Gasteiger partial charge in [0.15, 0.2) is 5.58 Å². The number of rotatable bonds is 2. The summed E-state index contributed by atoms with van der Waals surface area (Å²) in [6.45, 7) is 0. The van der Waals surface area contributed by atoms with E-state index in [0.29, 0.717) is 26.8 Å². The molecular formula is C14H8Br2N2O3. The number of hydrogen-bond donors (Lipinski definition) is 2. The number of hydrogen-bond acceptors (Lipinski definition) is 3. The highest BCUT2D eigenvalue weighted by Gasteiger charge is 2.11. The van der Waals surface area contributed by atoms with Crippen molar-refractivity contribution in [1.82, 2.24) is 4.98 Å². The molecule has 0 saturated carbocycles. The molecule has 3 aromatic rings. The smallest absolute Gasteiger partial charge is 0.408 e. The molecule has 1 aromatic heterocycles. The van der Waals surface area contributed by atoms with E-state index in [1.165, 1.54) is 0 Å². The van der Waals surface area contributed by atoms with Gasteiger partial charge in [-0.1, -0.05) is 15.9 Å². The van der Waals surface area contributed by atoms with Crippen LogP contribution in [0, 0.1) is 0 Å². The van der Waals surface area contributed by atoms with Crippen LogP contribution in [0.5, 0.6) is 0 Å². The van der Waals surface area contributed by atoms with E-state index in [0.717, 1.165) is 4.47 Å². The molecule has 0 aliphatic heterocycles. The summed E-state index contributed by atoms with van der Waals surface area (Å²) >= 11 is 6.68. The Bertz CT molecular complexity index is 899. The summed E-state index contributed by atoms with van der Waals surface area (Å²) in [5, 5.41) is 2.77. The lowest BCUT2D eigenvalue weighted by atomic mass is 10.2. The van der Waals surface area contributed by atoms with Gasteiger partial charge >= 0.3 is 5.76 Å². The fraction of sp³-hybridized carbons (Fsp3) is 0. The van der Waals surface area contributed by atoms with Gasteiger partial charge in [0, 0.05) is 14.6 Å². The second-order valence-corrected chi connectivity index (χ2v) is 6.07. The van der Waals surface area contributed by atoms with Crippen LogP contribution in [-0.2, 0) is 0 Å². The lowest BCUT2D eigenvalue weighted by molar-refractivity contribution is 0.102. The van der Waals surface area contributed by atoms with E-state index < -0.39 is 5.76 Å². The van der Waals surface area contributed by atoms with Gasteiger partial charge in [0.05, 0.1) is 11.1 Å². The van der Waals surface area contributed by atoms with Gasteiger partial charge in [0.2, 0.25) is 0 Å². The van der Waals surface area contributed by atoms with E-state index in [-0.39, 0.29) is 5.91 Å². The number of benzene rings is 2. The molecule has 106 valence electrons. The first kappa shape index (κ1) is 14.1. The molecule has 0 atom stereocenters. The predicted molar refractivity (Wildman–Crippen MR) is 86.6 cm³/mol. The van der Waals surface area contributed by atoms with Gasteiger partial charge in [-0.05, 0) is 52.3 Å². The Morgan fingerprint density at radius 2 is 1.95 bits per heavy atom. The molecule has 0 bridgehead atoms. The molecule has 0 aliphatic carbocycles. The van der Waals surface area contributed by atoms with Crippen LogP contribution in [0.1, 0.15) is 10.4 Å². The lowest BCUT2D eigenvalue weighted by Crippen LogP contribution is -2.12. The fourth-order valence-corrected chi connectivity index (χ4v) is 2.69. The van der Waals surface area contributed by atoms with Crippen LogP contribution < -0.4 is 11.1 Å². The van der Waals surface area contributed by atoms with Crippen molar-refractivity contribution < 1.29 is 9.21 Å². The van der Waals surface area contributed by atoms with E-state index in [4.69, 9.17) is 4.42 Å². The average molecular weight is 412 g/mol. The standard InChI is InChI=1S/C14H8Br2N2O3/c15-7-1-3-10(16)9(5-7)13(19)17-8-2-4-12-11(6-8)18-14(20)21-12/h1-6H,(H,17,19)(H,18,20). The van der Waals surface area contributed by atoms with E-state index in [1.807, 2.05) is 6.07 Å². The zero-order valence-corrected chi connectivity index (χ0v) is 13.6. The Hall–Kier alpha value is -1.86. The zero-order valence-electron chi connectivity index (χ0n) is 10.4. The molecule has 7 heteroatoms. The van der Waals surface area contributed by atoms with Crippen molar-refractivity contribution >= 4 is 54.6 Å². The molecule has 0 saturated heterocycles. The second kappa shape index (κ2) is 5.50. The monoisotopic (exact) mass is 410 g/mol. The van der Waals surface area contributed by atoms with Crippen LogP contribution in [0.25, 0.3) is 11.1 Å². The van der Waals surface area contributed by atoms with Crippen LogP contribution in [0.15, 0.2) is 54.6 Å². The Morgan fingerprint density at radius 1 is 1.14 bits per heavy atom. The van der Waals surface area contributed by atoms with E-state index in [2.05, 4.69) is 42.2 Å². The number of H-pyrrole nitrogens is 1. The van der Waals surface area contributed by atoms with Crippen LogP contribution in [0.4, 0.5) is 5.69 Å². The summed E-state index contributed by atoms with van der Waals surface area (Å²) in [5.41, 5.74) is 2.05. The Labute approximate surface area is 135 Å². The van der Waals surface area contributed by atoms with Crippen molar-refractivity contribution in [2.45, 2.75) is 0 Å². The van der Waals surface area contributed by atoms with Gasteiger partial charge in [-0.15, -0.1) is 0 Å². The largest absolute Gasteiger partial charge is 0.417 e. The third-order valence-corrected chi connectivity index (χ3v) is 4.03. The molecule has 0 aliphatic rings. The van der Waals surface area contributed by atoms with E-state index in [9.17, 15) is 9.59 Å². The van der Waals surface area contributed by atoms with Gasteiger partial charge in [0.25, 0.3) is 5.91 Å². The second-order valence-electron chi connectivity index (χ2n) is 4.30. The first-order valence-corrected chi connectivity index (χ1v) is 7.51. The highest BCUT2D eigenvalue weighted by atomic mass is 79.9. The maximum atomic E-state index is 12.3. The van der Waals surface area contributed by atoms with Gasteiger partial charge in [0.1, 0.15) is 0 Å². The molecule has 5 nitrogen and oxygen atoms in total. The fourth-order valence-electron chi connectivity index (χ4n) is 1.90. The number of fused-ring (bicyclic) bond motifs is 1. The number of aromatic nitrogens is 1. The molecular weight excluding hydrogens is 404 g/mol. The van der Waals surface area contributed by atoms with Crippen molar-refractivity contribution in [3.63, 3.8) is 0 Å². The summed E-state index contributed by atoms with van der Waals surface area (Å²) in [6, 6.07) is 10.3. The number of oxazole rings is 1. The average Bonchev–Trinajstić information content (AvgIpc) is 2.80. The van der Waals surface area contributed by atoms with Gasteiger partial charge in [-0.3, -0.25) is 9.78 Å². The lowest BCUT2D eigenvalue weighted by Gasteiger charge is -2.07. The molecule has 0 spiro atoms. The Balaban J connectivity index is 1.92. The van der Waals surface area contributed by atoms with E-state index >= 15 is 0 Å². The number of carbonyl (C=O) groups is 1. The van der Waals surface area contributed by atoms with Crippen molar-refractivity contribution in [3.05, 3.63) is 61.5 Å². The van der Waals surface area contributed by atoms with Crippen LogP contribution in [0.3, 0.4) is 0 Å². The number of aromatic amines is 1. The van der Waals surface area contributed by atoms with Crippen molar-refractivity contribution in [3.8, 4) is 0 Å². The molecule has 0 unspecified atom stereocenters. The maximum Gasteiger partial charge on any atom is 0.417 e. The highest BCUT2D eigenvalue weighted by molar-refractivity contribution is 9.11. The predicted octanol–water partition coefficient (Wildman–Crippen LogP) is 3.90. The summed E-state index contributed by atoms with van der Waals surface area (Å²) < 4.78 is 6.42. The minimum atomic E-state index is -0.525. The summed E-state index contributed by atoms with van der Waals surface area (Å²) in [5.74, 6) is -0.781. The summed E-state index contributed by atoms with van der Waals surface area (Å²) in [6.07, 6.45) is 0. The molecule has 3 rings (SSSR count). The van der Waals surface area contributed by atoms with Crippen molar-refractivity contribution in [2.75, 3.05) is 5.32 Å². The number of amides is 1. The molecule has 21 heavy (non-hydrogen) atoms. The minimum Gasteiger partial charge on any atom is -0.408 e. The summed E-state index contributed by atoms with van der Waals surface area (Å²) in [4.78, 5) is 25.9. The normalized spacial score (nSPS) is 10.8. The molecule has 2 N–H and O–H groups in total. The first-order valence-electron chi connectivity index (χ1n) is 5.92. The van der Waals surface area contributed by atoms with Gasteiger partial charge < -0.3 is 9.73 Å². The molecule has 1 amide bonds. The first-order chi connectivity index (χ1) is 10.0. The molecule has 1 heterocycles. The molecule has 2 aromatic carbocycles. The number of carbonyl (C=O) groups excluding carboxylic acids is 1. The van der Waals surface area contributed by atoms with Gasteiger partial charge in [-0.2, -0.15) is 0 Å². The van der Waals surface area contributed by atoms with Crippen LogP contribution >= 0.6 is 31.9 Å². The number of halogens is 2. The SMILES string of the molecule is O=C(Nc1ccc2oc(=O)[nH]c2c1)c1cc(Br)ccc1Br. The van der Waals surface area contributed by atoms with Crippen molar-refractivity contribution in [2.24, 2.45) is 0 Å². The van der Waals surface area contributed by atoms with Crippen LogP contribution in [0.2, 0.25) is 0 Å². The molecule has 0 fully saturated rings. The topological polar surface area (TPSA) is 75.1 Å². The number of anilines is 1. The third-order valence-electron chi connectivity index (χ3n) is 2.85. The highest BCUT2D eigenvalue weighted by Crippen LogP contribution is 2.23. The maximum absolute atomic E-state index is 12.3. The zero-order chi connectivity index (χ0) is 15.0.